The van der Waals surface area contributed by atoms with E-state index in [2.05, 4.69) is 9.47 Å². The summed E-state index contributed by atoms with van der Waals surface area (Å²) < 4.78 is 8.28. The van der Waals surface area contributed by atoms with Gasteiger partial charge in [0.2, 0.25) is 0 Å². The molecule has 2 aliphatic heterocycles. The van der Waals surface area contributed by atoms with Crippen molar-refractivity contribution >= 4 is 23.9 Å². The number of ether oxygens (including phenoxy) is 2. The third-order valence-corrected chi connectivity index (χ3v) is 1.92. The molecule has 1 radical (unpaired) electrons. The van der Waals surface area contributed by atoms with E-state index < -0.39 is 23.9 Å². The first-order valence-electron chi connectivity index (χ1n) is 4.61. The van der Waals surface area contributed by atoms with Crippen molar-refractivity contribution in [1.29, 1.82) is 0 Å². The zero-order chi connectivity index (χ0) is 12.3. The molecule has 0 amide bonds. The molecule has 0 spiro atoms. The van der Waals surface area contributed by atoms with Crippen LogP contribution in [0.15, 0.2) is 0 Å². The molecule has 0 aromatic carbocycles. The fraction of sp³-hybridized carbons (Fsp3) is 0.400. The van der Waals surface area contributed by atoms with Crippen LogP contribution in [0.2, 0.25) is 0 Å². The van der Waals surface area contributed by atoms with Crippen LogP contribution in [0.5, 0.6) is 0 Å². The first-order chi connectivity index (χ1) is 7.40. The molecule has 0 aromatic heterocycles. The predicted octanol–water partition coefficient (Wildman–Crippen LogP) is -0.182. The van der Waals surface area contributed by atoms with E-state index in [1.165, 1.54) is 12.8 Å². The summed E-state index contributed by atoms with van der Waals surface area (Å²) in [5.74, 6) is -2.64. The molecular formula is C10H10O6Y-2. The molecule has 2 rings (SSSR count). The van der Waals surface area contributed by atoms with Gasteiger partial charge in [0.05, 0.1) is 0 Å². The van der Waals surface area contributed by atoms with Gasteiger partial charge in [0, 0.05) is 32.7 Å². The fourth-order valence-corrected chi connectivity index (χ4v) is 0.997. The molecule has 2 unspecified atom stereocenters. The van der Waals surface area contributed by atoms with E-state index in [9.17, 15) is 19.2 Å². The Hall–Kier alpha value is -0.876. The van der Waals surface area contributed by atoms with Gasteiger partial charge in [-0.3, -0.25) is 32.0 Å². The molecule has 0 N–H and O–H groups in total. The first-order valence-corrected chi connectivity index (χ1v) is 4.61. The van der Waals surface area contributed by atoms with Gasteiger partial charge in [-0.15, -0.1) is 0 Å². The van der Waals surface area contributed by atoms with Crippen molar-refractivity contribution in [3.8, 4) is 0 Å². The Morgan fingerprint density at radius 3 is 1.18 bits per heavy atom. The first kappa shape index (κ1) is 16.1. The van der Waals surface area contributed by atoms with E-state index in [0.717, 1.165) is 0 Å². The quantitative estimate of drug-likeness (QED) is 0.350. The Kier molecular flexibility index (Phi) is 6.41. The van der Waals surface area contributed by atoms with Crippen LogP contribution in [-0.2, 0) is 61.4 Å². The summed E-state index contributed by atoms with van der Waals surface area (Å²) >= 11 is 0. The van der Waals surface area contributed by atoms with Crippen molar-refractivity contribution in [1.82, 2.24) is 0 Å². The van der Waals surface area contributed by atoms with Crippen LogP contribution in [0.4, 0.5) is 0 Å². The maximum absolute atomic E-state index is 10.3. The minimum absolute atomic E-state index is 0. The van der Waals surface area contributed by atoms with Gasteiger partial charge in [-0.25, -0.2) is 0 Å². The molecule has 2 saturated heterocycles. The predicted molar refractivity (Wildman–Crippen MR) is 49.1 cm³/mol. The van der Waals surface area contributed by atoms with Gasteiger partial charge in [0.15, 0.2) is 11.9 Å². The van der Waals surface area contributed by atoms with Crippen molar-refractivity contribution in [2.24, 2.45) is 11.8 Å². The van der Waals surface area contributed by atoms with Gasteiger partial charge in [-0.1, -0.05) is 13.8 Å². The summed E-state index contributed by atoms with van der Waals surface area (Å²) in [6.07, 6.45) is 2.50. The fourth-order valence-electron chi connectivity index (χ4n) is 0.997. The Balaban J connectivity index is 0.000000284. The Morgan fingerprint density at radius 2 is 1.12 bits per heavy atom. The van der Waals surface area contributed by atoms with Gasteiger partial charge >= 0.3 is 0 Å². The molecule has 2 atom stereocenters. The van der Waals surface area contributed by atoms with E-state index in [0.29, 0.717) is 0 Å². The van der Waals surface area contributed by atoms with E-state index >= 15 is 0 Å². The minimum Gasteiger partial charge on any atom is -0.422 e. The van der Waals surface area contributed by atoms with Crippen molar-refractivity contribution < 1.29 is 61.4 Å². The van der Waals surface area contributed by atoms with Crippen molar-refractivity contribution in [2.45, 2.75) is 13.8 Å². The standard InChI is InChI=1S/2C5H5O3.Y/c2*1-3-2-4(6)8-5(3)7;/h2*2-3H,1H3;/q2*-1;. The Morgan fingerprint density at radius 1 is 0.824 bits per heavy atom. The van der Waals surface area contributed by atoms with E-state index in [-0.39, 0.29) is 44.5 Å². The average Bonchev–Trinajstić information content (AvgIpc) is 2.58. The number of hydrogen-bond acceptors (Lipinski definition) is 6. The largest absolute Gasteiger partial charge is 0.422 e. The monoisotopic (exact) mass is 315 g/mol. The minimum atomic E-state index is -0.525. The van der Waals surface area contributed by atoms with Crippen LogP contribution >= 0.6 is 0 Å². The molecule has 2 heterocycles. The summed E-state index contributed by atoms with van der Waals surface area (Å²) in [4.78, 5) is 41.0. The van der Waals surface area contributed by atoms with Gasteiger partial charge in [-0.2, -0.15) is 0 Å². The topological polar surface area (TPSA) is 86.7 Å². The smallest absolute Gasteiger partial charge is 0.286 e. The van der Waals surface area contributed by atoms with E-state index in [1.54, 1.807) is 13.8 Å². The molecule has 2 fully saturated rings. The zero-order valence-corrected chi connectivity index (χ0v) is 12.2. The second kappa shape index (κ2) is 6.76. The third kappa shape index (κ3) is 4.87. The second-order valence-corrected chi connectivity index (χ2v) is 3.39. The summed E-state index contributed by atoms with van der Waals surface area (Å²) in [6, 6.07) is 0. The number of esters is 4. The van der Waals surface area contributed by atoms with Gasteiger partial charge in [0.1, 0.15) is 0 Å². The summed E-state index contributed by atoms with van der Waals surface area (Å²) in [7, 11) is 0. The van der Waals surface area contributed by atoms with Crippen LogP contribution in [0, 0.1) is 24.7 Å². The summed E-state index contributed by atoms with van der Waals surface area (Å²) in [5, 5.41) is 0. The molecule has 6 nitrogen and oxygen atoms in total. The number of carbonyl (C=O) groups excluding carboxylic acids is 4. The molecule has 0 saturated carbocycles. The maximum atomic E-state index is 10.3. The molecule has 2 aliphatic rings. The van der Waals surface area contributed by atoms with Crippen LogP contribution in [0.25, 0.3) is 0 Å². The van der Waals surface area contributed by atoms with E-state index in [1.807, 2.05) is 0 Å². The van der Waals surface area contributed by atoms with Gasteiger partial charge in [-0.05, 0) is 11.8 Å². The summed E-state index contributed by atoms with van der Waals surface area (Å²) in [6.45, 7) is 3.24. The average molecular weight is 315 g/mol. The number of hydrogen-bond donors (Lipinski definition) is 0. The van der Waals surface area contributed by atoms with Crippen molar-refractivity contribution in [2.75, 3.05) is 0 Å². The number of carbonyl (C=O) groups is 4. The number of cyclic esters (lactones) is 4. The molecule has 17 heavy (non-hydrogen) atoms. The van der Waals surface area contributed by atoms with Crippen LogP contribution in [0.1, 0.15) is 13.8 Å². The van der Waals surface area contributed by atoms with E-state index in [4.69, 9.17) is 0 Å². The van der Waals surface area contributed by atoms with Crippen molar-refractivity contribution in [3.05, 3.63) is 12.8 Å². The maximum Gasteiger partial charge on any atom is 0.286 e. The van der Waals surface area contributed by atoms with Crippen molar-refractivity contribution in [3.63, 3.8) is 0 Å². The SMILES string of the molecule is CC1[CH-]C(=O)OC1=O.CC1[CH-]C(=O)OC1=O.[Y]. The third-order valence-electron chi connectivity index (χ3n) is 1.92. The molecule has 0 aliphatic carbocycles. The van der Waals surface area contributed by atoms with Crippen LogP contribution in [-0.4, -0.2) is 23.9 Å². The number of rotatable bonds is 0. The Bertz CT molecular complexity index is 317. The summed E-state index contributed by atoms with van der Waals surface area (Å²) in [5.41, 5.74) is 0. The Labute approximate surface area is 123 Å². The molecule has 7 heteroatoms. The van der Waals surface area contributed by atoms with Gasteiger partial charge in [0.25, 0.3) is 11.9 Å². The van der Waals surface area contributed by atoms with Crippen LogP contribution < -0.4 is 0 Å². The van der Waals surface area contributed by atoms with Gasteiger partial charge < -0.3 is 9.47 Å². The molecule has 0 aromatic rings. The normalized spacial score (nSPS) is 25.8. The molecular weight excluding hydrogens is 305 g/mol. The molecule has 0 bridgehead atoms. The zero-order valence-electron chi connectivity index (χ0n) is 9.34. The second-order valence-electron chi connectivity index (χ2n) is 3.39. The van der Waals surface area contributed by atoms with Crippen LogP contribution in [0.3, 0.4) is 0 Å². The molecule has 91 valence electrons.